The van der Waals surface area contributed by atoms with Crippen LogP contribution in [0.25, 0.3) is 0 Å². The zero-order valence-corrected chi connectivity index (χ0v) is 17.5. The molecule has 0 amide bonds. The number of nitrogens with two attached hydrogens (primary N) is 1. The lowest BCUT2D eigenvalue weighted by Gasteiger charge is -2.10. The van der Waals surface area contributed by atoms with Crippen molar-refractivity contribution in [1.82, 2.24) is 0 Å². The third kappa shape index (κ3) is 15.3. The topological polar surface area (TPSA) is 113 Å². The zero-order valence-electron chi connectivity index (χ0n) is 17.5. The van der Waals surface area contributed by atoms with Crippen molar-refractivity contribution in [3.8, 4) is 0 Å². The Morgan fingerprint density at radius 2 is 1.07 bits per heavy atom. The molecule has 0 aromatic heterocycles. The maximum atomic E-state index is 11.8. The molecule has 0 spiro atoms. The number of rotatable bonds is 16. The lowest BCUT2D eigenvalue weighted by atomic mass is 10.1. The summed E-state index contributed by atoms with van der Waals surface area (Å²) in [6.07, 6.45) is 9.99. The monoisotopic (exact) mass is 399 g/mol. The molecule has 0 aliphatic carbocycles. The first-order valence-electron chi connectivity index (χ1n) is 10.6. The van der Waals surface area contributed by atoms with Gasteiger partial charge in [0.05, 0.1) is 0 Å². The summed E-state index contributed by atoms with van der Waals surface area (Å²) in [6.45, 7) is 4.21. The standard InChI is InChI=1S/C21H37NO6/c1-3-5-7-9-11-13-18(23)27-20(25)16-15-17(22)21(26)28-19(24)14-12-10-8-6-4-2/h17H,3-16,22H2,1-2H3. The van der Waals surface area contributed by atoms with E-state index in [1.165, 1.54) is 0 Å². The van der Waals surface area contributed by atoms with Crippen molar-refractivity contribution < 1.29 is 28.7 Å². The molecule has 7 heteroatoms. The fourth-order valence-corrected chi connectivity index (χ4v) is 2.60. The minimum atomic E-state index is -1.10. The molecule has 0 saturated heterocycles. The van der Waals surface area contributed by atoms with Gasteiger partial charge in [0.1, 0.15) is 6.04 Å². The van der Waals surface area contributed by atoms with E-state index in [4.69, 9.17) is 15.2 Å². The van der Waals surface area contributed by atoms with Crippen molar-refractivity contribution in [2.24, 2.45) is 5.73 Å². The Morgan fingerprint density at radius 3 is 1.57 bits per heavy atom. The van der Waals surface area contributed by atoms with Crippen LogP contribution in [0.15, 0.2) is 0 Å². The first kappa shape index (κ1) is 26.2. The minimum absolute atomic E-state index is 0.0365. The summed E-state index contributed by atoms with van der Waals surface area (Å²) < 4.78 is 9.40. The number of carbonyl (C=O) groups is 4. The van der Waals surface area contributed by atoms with Crippen LogP contribution in [-0.2, 0) is 28.7 Å². The number of ether oxygens (including phenoxy) is 2. The zero-order chi connectivity index (χ0) is 21.2. The summed E-state index contributed by atoms with van der Waals surface area (Å²) >= 11 is 0. The normalized spacial score (nSPS) is 11.7. The molecule has 1 unspecified atom stereocenters. The molecule has 0 aliphatic rings. The third-order valence-electron chi connectivity index (χ3n) is 4.37. The maximum absolute atomic E-state index is 11.8. The van der Waals surface area contributed by atoms with Crippen molar-refractivity contribution in [3.05, 3.63) is 0 Å². The molecule has 0 rings (SSSR count). The highest BCUT2D eigenvalue weighted by Crippen LogP contribution is 2.08. The van der Waals surface area contributed by atoms with Gasteiger partial charge in [-0.3, -0.25) is 14.4 Å². The summed E-state index contributed by atoms with van der Waals surface area (Å²) in [5.41, 5.74) is 5.65. The lowest BCUT2D eigenvalue weighted by molar-refractivity contribution is -0.160. The van der Waals surface area contributed by atoms with E-state index in [0.29, 0.717) is 12.8 Å². The molecule has 0 aliphatic heterocycles. The fourth-order valence-electron chi connectivity index (χ4n) is 2.60. The molecular weight excluding hydrogens is 362 g/mol. The summed E-state index contributed by atoms with van der Waals surface area (Å²) in [6, 6.07) is -1.10. The van der Waals surface area contributed by atoms with Crippen LogP contribution in [0.1, 0.15) is 104 Å². The Bertz CT molecular complexity index is 478. The number of unbranched alkanes of at least 4 members (excludes halogenated alkanes) is 8. The largest absolute Gasteiger partial charge is 0.393 e. The van der Waals surface area contributed by atoms with Crippen LogP contribution in [0.2, 0.25) is 0 Å². The maximum Gasteiger partial charge on any atom is 0.330 e. The Kier molecular flexibility index (Phi) is 16.3. The summed E-state index contributed by atoms with van der Waals surface area (Å²) in [5.74, 6) is -2.73. The predicted molar refractivity (Wildman–Crippen MR) is 106 cm³/mol. The van der Waals surface area contributed by atoms with Gasteiger partial charge in [-0.2, -0.15) is 0 Å². The van der Waals surface area contributed by atoms with E-state index in [2.05, 4.69) is 13.8 Å². The Morgan fingerprint density at radius 1 is 0.643 bits per heavy atom. The van der Waals surface area contributed by atoms with E-state index in [1.807, 2.05) is 0 Å². The highest BCUT2D eigenvalue weighted by Gasteiger charge is 2.21. The van der Waals surface area contributed by atoms with Crippen molar-refractivity contribution in [2.45, 2.75) is 110 Å². The fraction of sp³-hybridized carbons (Fsp3) is 0.810. The van der Waals surface area contributed by atoms with E-state index in [0.717, 1.165) is 51.4 Å². The molecule has 28 heavy (non-hydrogen) atoms. The van der Waals surface area contributed by atoms with Gasteiger partial charge in [0, 0.05) is 19.3 Å². The van der Waals surface area contributed by atoms with Crippen LogP contribution in [0.3, 0.4) is 0 Å². The highest BCUT2D eigenvalue weighted by atomic mass is 16.6. The molecule has 0 aromatic carbocycles. The molecule has 0 heterocycles. The van der Waals surface area contributed by atoms with Crippen molar-refractivity contribution >= 4 is 23.9 Å². The quantitative estimate of drug-likeness (QED) is 0.237. The van der Waals surface area contributed by atoms with Gasteiger partial charge in [0.2, 0.25) is 0 Å². The number of esters is 4. The molecule has 0 radical (unpaired) electrons. The number of hydrogen-bond acceptors (Lipinski definition) is 7. The second-order valence-corrected chi connectivity index (χ2v) is 7.11. The smallest absolute Gasteiger partial charge is 0.330 e. The van der Waals surface area contributed by atoms with Gasteiger partial charge in [-0.15, -0.1) is 0 Å². The second-order valence-electron chi connectivity index (χ2n) is 7.11. The highest BCUT2D eigenvalue weighted by molar-refractivity contribution is 5.89. The van der Waals surface area contributed by atoms with Gasteiger partial charge in [0.25, 0.3) is 0 Å². The lowest BCUT2D eigenvalue weighted by Crippen LogP contribution is -2.34. The Hall–Kier alpha value is -1.76. The molecular formula is C21H37NO6. The molecule has 7 nitrogen and oxygen atoms in total. The molecule has 0 fully saturated rings. The van der Waals surface area contributed by atoms with Crippen molar-refractivity contribution in [2.75, 3.05) is 0 Å². The first-order valence-corrected chi connectivity index (χ1v) is 10.6. The molecule has 1 atom stereocenters. The molecule has 162 valence electrons. The van der Waals surface area contributed by atoms with Crippen molar-refractivity contribution in [1.29, 1.82) is 0 Å². The van der Waals surface area contributed by atoms with Crippen LogP contribution >= 0.6 is 0 Å². The average Bonchev–Trinajstić information content (AvgIpc) is 2.65. The van der Waals surface area contributed by atoms with Crippen LogP contribution in [-0.4, -0.2) is 29.9 Å². The molecule has 0 saturated carbocycles. The predicted octanol–water partition coefficient (Wildman–Crippen LogP) is 3.95. The average molecular weight is 400 g/mol. The van der Waals surface area contributed by atoms with Gasteiger partial charge in [-0.05, 0) is 19.3 Å². The van der Waals surface area contributed by atoms with Gasteiger partial charge in [-0.25, -0.2) is 4.79 Å². The Labute approximate surface area is 168 Å². The molecule has 2 N–H and O–H groups in total. The van der Waals surface area contributed by atoms with Gasteiger partial charge in [0.15, 0.2) is 0 Å². The third-order valence-corrected chi connectivity index (χ3v) is 4.37. The minimum Gasteiger partial charge on any atom is -0.393 e. The van der Waals surface area contributed by atoms with Crippen LogP contribution in [0, 0.1) is 0 Å². The van der Waals surface area contributed by atoms with Gasteiger partial charge < -0.3 is 15.2 Å². The number of hydrogen-bond donors (Lipinski definition) is 1. The van der Waals surface area contributed by atoms with Gasteiger partial charge >= 0.3 is 23.9 Å². The number of carbonyl (C=O) groups excluding carboxylic acids is 4. The summed E-state index contributed by atoms with van der Waals surface area (Å²) in [5, 5.41) is 0. The Balaban J connectivity index is 3.88. The van der Waals surface area contributed by atoms with E-state index in [9.17, 15) is 19.2 Å². The van der Waals surface area contributed by atoms with E-state index in [1.54, 1.807) is 0 Å². The molecule has 0 bridgehead atoms. The van der Waals surface area contributed by atoms with E-state index in [-0.39, 0.29) is 25.7 Å². The SMILES string of the molecule is CCCCCCCC(=O)OC(=O)CCC(N)C(=O)OC(=O)CCCCCCC. The van der Waals surface area contributed by atoms with Crippen LogP contribution < -0.4 is 5.73 Å². The van der Waals surface area contributed by atoms with Crippen LogP contribution in [0.4, 0.5) is 0 Å². The second kappa shape index (κ2) is 17.3. The van der Waals surface area contributed by atoms with E-state index >= 15 is 0 Å². The van der Waals surface area contributed by atoms with Crippen LogP contribution in [0.5, 0.6) is 0 Å². The van der Waals surface area contributed by atoms with Gasteiger partial charge in [-0.1, -0.05) is 65.2 Å². The summed E-state index contributed by atoms with van der Waals surface area (Å²) in [7, 11) is 0. The van der Waals surface area contributed by atoms with Crippen molar-refractivity contribution in [3.63, 3.8) is 0 Å². The van der Waals surface area contributed by atoms with E-state index < -0.39 is 29.9 Å². The summed E-state index contributed by atoms with van der Waals surface area (Å²) in [4.78, 5) is 46.6. The first-order chi connectivity index (χ1) is 13.4. The molecule has 0 aromatic rings.